The normalized spacial score (nSPS) is 15.0. The zero-order chi connectivity index (χ0) is 29.5. The zero-order valence-corrected chi connectivity index (χ0v) is 29.0. The summed E-state index contributed by atoms with van der Waals surface area (Å²) in [5.41, 5.74) is 0. The van der Waals surface area contributed by atoms with Gasteiger partial charge >= 0.3 is 0 Å². The van der Waals surface area contributed by atoms with Crippen molar-refractivity contribution in [3.8, 4) is 0 Å². The Kier molecular flexibility index (Phi) is 28.8. The first kappa shape index (κ1) is 38.4. The first-order valence-corrected chi connectivity index (χ1v) is 19.5. The van der Waals surface area contributed by atoms with E-state index in [9.17, 15) is 0 Å². The molecule has 2 nitrogen and oxygen atoms in total. The summed E-state index contributed by atoms with van der Waals surface area (Å²) in [6, 6.07) is 0. The van der Waals surface area contributed by atoms with Crippen LogP contribution in [-0.2, 0) is 0 Å². The molecule has 1 aliphatic rings. The van der Waals surface area contributed by atoms with E-state index < -0.39 is 0 Å². The lowest BCUT2D eigenvalue weighted by Crippen LogP contribution is -2.38. The minimum atomic E-state index is 0.633. The van der Waals surface area contributed by atoms with E-state index in [-0.39, 0.29) is 0 Å². The van der Waals surface area contributed by atoms with E-state index in [2.05, 4.69) is 43.0 Å². The fraction of sp³-hybridized carbons (Fsp3) is 0.949. The van der Waals surface area contributed by atoms with Gasteiger partial charge in [-0.25, -0.2) is 0 Å². The van der Waals surface area contributed by atoms with Crippen molar-refractivity contribution in [3.05, 3.63) is 12.4 Å². The van der Waals surface area contributed by atoms with Crippen LogP contribution in [0, 0.1) is 0 Å². The molecule has 244 valence electrons. The molecule has 0 aliphatic carbocycles. The van der Waals surface area contributed by atoms with Crippen molar-refractivity contribution in [3.63, 3.8) is 0 Å². The molecular formula is C39H78N2. The predicted octanol–water partition coefficient (Wildman–Crippen LogP) is 13.6. The van der Waals surface area contributed by atoms with Gasteiger partial charge in [-0.05, 0) is 26.2 Å². The highest BCUT2D eigenvalue weighted by Crippen LogP contribution is 2.23. The number of hydrogen-bond acceptors (Lipinski definition) is 2. The van der Waals surface area contributed by atoms with E-state index in [1.807, 2.05) is 0 Å². The number of unbranched alkanes of at least 4 members (excludes halogenated alkanes) is 28. The molecule has 2 heteroatoms. The molecule has 0 amide bonds. The molecular weight excluding hydrogens is 496 g/mol. The Morgan fingerprint density at radius 2 is 0.634 bits per heavy atom. The van der Waals surface area contributed by atoms with Crippen molar-refractivity contribution in [2.75, 3.05) is 13.1 Å². The molecule has 1 heterocycles. The van der Waals surface area contributed by atoms with Gasteiger partial charge in [0, 0.05) is 25.5 Å². The SMILES string of the molecule is CCCCCCCCCCCCCCCCCCCN1C=CN(CC)C1CCCCCCCCCCCCCCC. The number of hydrogen-bond donors (Lipinski definition) is 0. The van der Waals surface area contributed by atoms with Crippen molar-refractivity contribution in [2.45, 2.75) is 226 Å². The lowest BCUT2D eigenvalue weighted by Gasteiger charge is -2.32. The molecule has 1 unspecified atom stereocenters. The Labute approximate surface area is 260 Å². The van der Waals surface area contributed by atoms with Crippen molar-refractivity contribution in [2.24, 2.45) is 0 Å². The fourth-order valence-electron chi connectivity index (χ4n) is 6.80. The highest BCUT2D eigenvalue weighted by atomic mass is 15.4. The minimum absolute atomic E-state index is 0.633. The molecule has 0 aromatic carbocycles. The highest BCUT2D eigenvalue weighted by Gasteiger charge is 2.23. The van der Waals surface area contributed by atoms with E-state index in [0.29, 0.717) is 6.17 Å². The zero-order valence-electron chi connectivity index (χ0n) is 29.0. The largest absolute Gasteiger partial charge is 0.356 e. The Morgan fingerprint density at radius 3 is 0.976 bits per heavy atom. The molecule has 1 aliphatic heterocycles. The van der Waals surface area contributed by atoms with Crippen molar-refractivity contribution >= 4 is 0 Å². The number of rotatable bonds is 33. The Morgan fingerprint density at radius 1 is 0.341 bits per heavy atom. The van der Waals surface area contributed by atoms with E-state index in [1.165, 1.54) is 206 Å². The maximum atomic E-state index is 2.66. The van der Waals surface area contributed by atoms with E-state index >= 15 is 0 Å². The van der Waals surface area contributed by atoms with Crippen LogP contribution in [0.4, 0.5) is 0 Å². The summed E-state index contributed by atoms with van der Waals surface area (Å²) < 4.78 is 0. The summed E-state index contributed by atoms with van der Waals surface area (Å²) >= 11 is 0. The average molecular weight is 575 g/mol. The van der Waals surface area contributed by atoms with E-state index in [0.717, 1.165) is 6.54 Å². The van der Waals surface area contributed by atoms with E-state index in [1.54, 1.807) is 0 Å². The van der Waals surface area contributed by atoms with Crippen LogP contribution in [0.3, 0.4) is 0 Å². The Balaban J connectivity index is 1.91. The summed E-state index contributed by atoms with van der Waals surface area (Å²) in [7, 11) is 0. The monoisotopic (exact) mass is 575 g/mol. The highest BCUT2D eigenvalue weighted by molar-refractivity contribution is 4.96. The first-order valence-electron chi connectivity index (χ1n) is 19.5. The third-order valence-electron chi connectivity index (χ3n) is 9.67. The van der Waals surface area contributed by atoms with Crippen molar-refractivity contribution in [1.82, 2.24) is 9.80 Å². The van der Waals surface area contributed by atoms with Crippen LogP contribution in [0.2, 0.25) is 0 Å². The standard InChI is InChI=1S/C39H78N2/c1-4-7-9-11-13-15-17-19-20-21-22-24-26-28-30-32-34-36-41-38-37-40(6-3)39(41)35-33-31-29-27-25-23-18-16-14-12-10-8-5-2/h37-39H,4-36H2,1-3H3. The quantitative estimate of drug-likeness (QED) is 0.0719. The second-order valence-electron chi connectivity index (χ2n) is 13.5. The van der Waals surface area contributed by atoms with Crippen LogP contribution >= 0.6 is 0 Å². The molecule has 0 saturated carbocycles. The maximum absolute atomic E-state index is 2.66. The summed E-state index contributed by atoms with van der Waals surface area (Å²) in [5.74, 6) is 0. The number of nitrogens with zero attached hydrogens (tertiary/aromatic N) is 2. The van der Waals surface area contributed by atoms with Crippen molar-refractivity contribution < 1.29 is 0 Å². The Bertz CT molecular complexity index is 530. The molecule has 0 saturated heterocycles. The van der Waals surface area contributed by atoms with Crippen LogP contribution in [0.25, 0.3) is 0 Å². The van der Waals surface area contributed by atoms with Gasteiger partial charge < -0.3 is 9.80 Å². The molecule has 0 bridgehead atoms. The van der Waals surface area contributed by atoms with Gasteiger partial charge in [0.2, 0.25) is 0 Å². The molecule has 1 rings (SSSR count). The average Bonchev–Trinajstić information content (AvgIpc) is 3.38. The van der Waals surface area contributed by atoms with Gasteiger partial charge in [-0.15, -0.1) is 0 Å². The lowest BCUT2D eigenvalue weighted by atomic mass is 10.0. The van der Waals surface area contributed by atoms with Crippen LogP contribution in [-0.4, -0.2) is 29.1 Å². The van der Waals surface area contributed by atoms with Crippen LogP contribution < -0.4 is 0 Å². The Hall–Kier alpha value is -0.660. The second kappa shape index (κ2) is 30.8. The van der Waals surface area contributed by atoms with Gasteiger partial charge in [0.15, 0.2) is 0 Å². The van der Waals surface area contributed by atoms with Gasteiger partial charge in [0.05, 0.1) is 0 Å². The molecule has 0 aromatic rings. The van der Waals surface area contributed by atoms with Crippen LogP contribution in [0.1, 0.15) is 220 Å². The molecule has 0 radical (unpaired) electrons. The molecule has 1 atom stereocenters. The van der Waals surface area contributed by atoms with Gasteiger partial charge in [0.1, 0.15) is 6.17 Å². The lowest BCUT2D eigenvalue weighted by molar-refractivity contribution is 0.142. The van der Waals surface area contributed by atoms with Gasteiger partial charge in [-0.1, -0.05) is 194 Å². The molecule has 0 spiro atoms. The molecule has 41 heavy (non-hydrogen) atoms. The molecule has 0 aromatic heterocycles. The third-order valence-corrected chi connectivity index (χ3v) is 9.67. The summed E-state index contributed by atoms with van der Waals surface area (Å²) in [6.45, 7) is 9.34. The molecule has 0 N–H and O–H groups in total. The van der Waals surface area contributed by atoms with Gasteiger partial charge in [-0.2, -0.15) is 0 Å². The summed E-state index contributed by atoms with van der Waals surface area (Å²) in [5, 5.41) is 0. The van der Waals surface area contributed by atoms with Crippen LogP contribution in [0.5, 0.6) is 0 Å². The summed E-state index contributed by atoms with van der Waals surface area (Å²) in [4.78, 5) is 5.24. The smallest absolute Gasteiger partial charge is 0.101 e. The van der Waals surface area contributed by atoms with Gasteiger partial charge in [-0.3, -0.25) is 0 Å². The maximum Gasteiger partial charge on any atom is 0.101 e. The topological polar surface area (TPSA) is 6.48 Å². The summed E-state index contributed by atoms with van der Waals surface area (Å²) in [6.07, 6.45) is 50.3. The third kappa shape index (κ3) is 23.5. The predicted molar refractivity (Wildman–Crippen MR) is 186 cm³/mol. The first-order chi connectivity index (χ1) is 20.3. The van der Waals surface area contributed by atoms with Gasteiger partial charge in [0.25, 0.3) is 0 Å². The second-order valence-corrected chi connectivity index (χ2v) is 13.5. The molecule has 0 fully saturated rings. The fourth-order valence-corrected chi connectivity index (χ4v) is 6.80. The van der Waals surface area contributed by atoms with Crippen molar-refractivity contribution in [1.29, 1.82) is 0 Å². The van der Waals surface area contributed by atoms with E-state index in [4.69, 9.17) is 0 Å². The van der Waals surface area contributed by atoms with Crippen LogP contribution in [0.15, 0.2) is 12.4 Å². The minimum Gasteiger partial charge on any atom is -0.356 e.